The van der Waals surface area contributed by atoms with Gasteiger partial charge in [-0.25, -0.2) is 4.79 Å². The van der Waals surface area contributed by atoms with Gasteiger partial charge in [0.1, 0.15) is 12.1 Å². The fraction of sp³-hybridized carbons (Fsp3) is 0.526. The molecule has 2 aliphatic heterocycles. The second kappa shape index (κ2) is 7.76. The van der Waals surface area contributed by atoms with Crippen LogP contribution in [0.2, 0.25) is 5.02 Å². The monoisotopic (exact) mass is 392 g/mol. The van der Waals surface area contributed by atoms with Gasteiger partial charge >= 0.3 is 6.03 Å². The van der Waals surface area contributed by atoms with Gasteiger partial charge in [-0.2, -0.15) is 0 Å². The molecule has 2 heterocycles. The molecule has 8 heteroatoms. The molecule has 0 saturated carbocycles. The Balaban J connectivity index is 1.58. The summed E-state index contributed by atoms with van der Waals surface area (Å²) in [5, 5.41) is 3.44. The Labute approximate surface area is 164 Å². The average molecular weight is 393 g/mol. The standard InChI is InChI=1S/C19H25ClN4O3/c1-3-19(4-2)17(26)24(18(27)21-19)13-16(25)23-10-8-22(9-11-23)15-7-5-6-14(20)12-15/h5-7,12H,3-4,8-11,13H2,1-2H3,(H,21,27). The minimum Gasteiger partial charge on any atom is -0.368 e. The lowest BCUT2D eigenvalue weighted by atomic mass is 9.93. The van der Waals surface area contributed by atoms with Crippen LogP contribution in [0.15, 0.2) is 24.3 Å². The Morgan fingerprint density at radius 2 is 1.81 bits per heavy atom. The molecule has 2 saturated heterocycles. The first kappa shape index (κ1) is 19.5. The van der Waals surface area contributed by atoms with Crippen molar-refractivity contribution in [2.45, 2.75) is 32.2 Å². The molecule has 0 atom stereocenters. The minimum atomic E-state index is -0.872. The van der Waals surface area contributed by atoms with Crippen molar-refractivity contribution >= 4 is 35.1 Å². The summed E-state index contributed by atoms with van der Waals surface area (Å²) in [6, 6.07) is 7.15. The summed E-state index contributed by atoms with van der Waals surface area (Å²) in [7, 11) is 0. The molecular formula is C19H25ClN4O3. The maximum atomic E-state index is 12.6. The molecule has 2 fully saturated rings. The van der Waals surface area contributed by atoms with Gasteiger partial charge in [0.2, 0.25) is 5.91 Å². The molecule has 0 aromatic heterocycles. The van der Waals surface area contributed by atoms with Gasteiger partial charge in [-0.1, -0.05) is 31.5 Å². The van der Waals surface area contributed by atoms with E-state index in [-0.39, 0.29) is 18.4 Å². The van der Waals surface area contributed by atoms with Crippen LogP contribution in [0.4, 0.5) is 10.5 Å². The first-order valence-corrected chi connectivity index (χ1v) is 9.70. The topological polar surface area (TPSA) is 73.0 Å². The number of rotatable bonds is 5. The smallest absolute Gasteiger partial charge is 0.325 e. The number of hydrogen-bond acceptors (Lipinski definition) is 4. The number of urea groups is 1. The molecule has 146 valence electrons. The number of amides is 4. The minimum absolute atomic E-state index is 0.202. The number of carbonyl (C=O) groups is 3. The third-order valence-corrected chi connectivity index (χ3v) is 5.79. The van der Waals surface area contributed by atoms with Gasteiger partial charge in [-0.15, -0.1) is 0 Å². The summed E-state index contributed by atoms with van der Waals surface area (Å²) in [6.07, 6.45) is 1.02. The summed E-state index contributed by atoms with van der Waals surface area (Å²) in [6.45, 7) is 5.97. The number of hydrogen-bond donors (Lipinski definition) is 1. The van der Waals surface area contributed by atoms with Crippen LogP contribution in [0.25, 0.3) is 0 Å². The Kier molecular flexibility index (Phi) is 5.60. The van der Waals surface area contributed by atoms with Crippen molar-refractivity contribution < 1.29 is 14.4 Å². The highest BCUT2D eigenvalue weighted by molar-refractivity contribution is 6.30. The van der Waals surface area contributed by atoms with E-state index in [1.165, 1.54) is 0 Å². The molecule has 7 nitrogen and oxygen atoms in total. The van der Waals surface area contributed by atoms with Gasteiger partial charge in [0.15, 0.2) is 0 Å². The molecule has 1 N–H and O–H groups in total. The maximum absolute atomic E-state index is 12.6. The summed E-state index contributed by atoms with van der Waals surface area (Å²) >= 11 is 6.05. The van der Waals surface area contributed by atoms with Gasteiger partial charge in [0.05, 0.1) is 0 Å². The molecule has 27 heavy (non-hydrogen) atoms. The van der Waals surface area contributed by atoms with Crippen LogP contribution in [0.1, 0.15) is 26.7 Å². The van der Waals surface area contributed by atoms with E-state index < -0.39 is 11.6 Å². The average Bonchev–Trinajstić information content (AvgIpc) is 2.92. The number of imide groups is 1. The quantitative estimate of drug-likeness (QED) is 0.779. The lowest BCUT2D eigenvalue weighted by molar-refractivity contribution is -0.139. The van der Waals surface area contributed by atoms with Crippen molar-refractivity contribution in [3.05, 3.63) is 29.3 Å². The van der Waals surface area contributed by atoms with Crippen molar-refractivity contribution in [1.82, 2.24) is 15.1 Å². The Morgan fingerprint density at radius 3 is 2.37 bits per heavy atom. The highest BCUT2D eigenvalue weighted by Crippen LogP contribution is 2.25. The Morgan fingerprint density at radius 1 is 1.15 bits per heavy atom. The predicted octanol–water partition coefficient (Wildman–Crippen LogP) is 2.10. The van der Waals surface area contributed by atoms with Gasteiger partial charge < -0.3 is 15.1 Å². The Hall–Kier alpha value is -2.28. The number of benzene rings is 1. The molecule has 0 bridgehead atoms. The van der Waals surface area contributed by atoms with E-state index in [1.807, 2.05) is 38.1 Å². The van der Waals surface area contributed by atoms with Crippen molar-refractivity contribution in [2.24, 2.45) is 0 Å². The molecule has 0 unspecified atom stereocenters. The van der Waals surface area contributed by atoms with Crippen LogP contribution in [-0.2, 0) is 9.59 Å². The van der Waals surface area contributed by atoms with Gasteiger partial charge in [-0.3, -0.25) is 14.5 Å². The van der Waals surface area contributed by atoms with Crippen LogP contribution in [-0.4, -0.2) is 65.9 Å². The molecule has 0 spiro atoms. The SMILES string of the molecule is CCC1(CC)NC(=O)N(CC(=O)N2CCN(c3cccc(Cl)c3)CC2)C1=O. The van der Waals surface area contributed by atoms with Gasteiger partial charge in [0.25, 0.3) is 5.91 Å². The van der Waals surface area contributed by atoms with E-state index in [0.717, 1.165) is 10.6 Å². The lowest BCUT2D eigenvalue weighted by Crippen LogP contribution is -2.52. The zero-order valence-electron chi connectivity index (χ0n) is 15.7. The molecule has 0 aliphatic carbocycles. The predicted molar refractivity (Wildman–Crippen MR) is 104 cm³/mol. The summed E-state index contributed by atoms with van der Waals surface area (Å²) in [4.78, 5) is 42.4. The second-order valence-corrected chi connectivity index (χ2v) is 7.39. The number of nitrogens with one attached hydrogen (secondary N) is 1. The van der Waals surface area contributed by atoms with Crippen molar-refractivity contribution in [1.29, 1.82) is 0 Å². The number of halogens is 1. The van der Waals surface area contributed by atoms with Crippen LogP contribution in [0.3, 0.4) is 0 Å². The van der Waals surface area contributed by atoms with Crippen molar-refractivity contribution in [3.8, 4) is 0 Å². The second-order valence-electron chi connectivity index (χ2n) is 6.96. The van der Waals surface area contributed by atoms with Crippen LogP contribution in [0.5, 0.6) is 0 Å². The summed E-state index contributed by atoms with van der Waals surface area (Å²) in [5.74, 6) is -0.504. The lowest BCUT2D eigenvalue weighted by Gasteiger charge is -2.36. The van der Waals surface area contributed by atoms with E-state index in [2.05, 4.69) is 10.2 Å². The van der Waals surface area contributed by atoms with E-state index in [0.29, 0.717) is 44.0 Å². The Bertz CT molecular complexity index is 742. The summed E-state index contributed by atoms with van der Waals surface area (Å²) < 4.78 is 0. The van der Waals surface area contributed by atoms with Gasteiger partial charge in [-0.05, 0) is 31.0 Å². The van der Waals surface area contributed by atoms with Crippen molar-refractivity contribution in [3.63, 3.8) is 0 Å². The van der Waals surface area contributed by atoms with Crippen LogP contribution >= 0.6 is 11.6 Å². The zero-order chi connectivity index (χ0) is 19.6. The van der Waals surface area contributed by atoms with E-state index in [9.17, 15) is 14.4 Å². The zero-order valence-corrected chi connectivity index (χ0v) is 16.5. The molecule has 1 aromatic carbocycles. The number of carbonyl (C=O) groups excluding carboxylic acids is 3. The number of anilines is 1. The normalized spacial score (nSPS) is 19.4. The maximum Gasteiger partial charge on any atom is 0.325 e. The molecule has 0 radical (unpaired) electrons. The van der Waals surface area contributed by atoms with Crippen LogP contribution in [0, 0.1) is 0 Å². The van der Waals surface area contributed by atoms with Crippen molar-refractivity contribution in [2.75, 3.05) is 37.6 Å². The van der Waals surface area contributed by atoms with Crippen LogP contribution < -0.4 is 10.2 Å². The first-order chi connectivity index (χ1) is 12.9. The van der Waals surface area contributed by atoms with E-state index >= 15 is 0 Å². The van der Waals surface area contributed by atoms with E-state index in [4.69, 9.17) is 11.6 Å². The third-order valence-electron chi connectivity index (χ3n) is 5.55. The third kappa shape index (κ3) is 3.74. The van der Waals surface area contributed by atoms with E-state index in [1.54, 1.807) is 4.90 Å². The molecule has 2 aliphatic rings. The molecule has 1 aromatic rings. The highest BCUT2D eigenvalue weighted by Gasteiger charge is 2.49. The molecule has 4 amide bonds. The first-order valence-electron chi connectivity index (χ1n) is 9.32. The fourth-order valence-electron chi connectivity index (χ4n) is 3.67. The fourth-order valence-corrected chi connectivity index (χ4v) is 3.86. The number of piperazine rings is 1. The largest absolute Gasteiger partial charge is 0.368 e. The highest BCUT2D eigenvalue weighted by atomic mass is 35.5. The summed E-state index contributed by atoms with van der Waals surface area (Å²) in [5.41, 5.74) is 0.155. The number of nitrogens with zero attached hydrogens (tertiary/aromatic N) is 3. The molecular weight excluding hydrogens is 368 g/mol. The van der Waals surface area contributed by atoms with Gasteiger partial charge in [0, 0.05) is 36.9 Å². The molecule has 3 rings (SSSR count).